The Labute approximate surface area is 352 Å². The molecule has 56 heavy (non-hydrogen) atoms. The molecule has 1 fully saturated rings. The van der Waals surface area contributed by atoms with Gasteiger partial charge in [0.2, 0.25) is 0 Å². The van der Waals surface area contributed by atoms with Gasteiger partial charge in [0.15, 0.2) is 25.0 Å². The van der Waals surface area contributed by atoms with Crippen molar-refractivity contribution in [3.8, 4) is 0 Å². The van der Waals surface area contributed by atoms with E-state index in [0.717, 1.165) is 61.9 Å². The minimum absolute atomic E-state index is 0.00323. The summed E-state index contributed by atoms with van der Waals surface area (Å²) in [5, 5.41) is 3.31. The van der Waals surface area contributed by atoms with Gasteiger partial charge in [-0.3, -0.25) is 4.79 Å². The zero-order valence-corrected chi connectivity index (χ0v) is 43.6. The Balaban J connectivity index is 2.34. The molecule has 0 unspecified atom stereocenters. The van der Waals surface area contributed by atoms with Crippen molar-refractivity contribution >= 4 is 54.4 Å². The number of ketones is 1. The highest BCUT2D eigenvalue weighted by atomic mass is 32.1. The molecule has 1 aliphatic carbocycles. The van der Waals surface area contributed by atoms with Crippen molar-refractivity contribution in [3.63, 3.8) is 0 Å². The van der Waals surface area contributed by atoms with E-state index in [0.29, 0.717) is 0 Å². The fourth-order valence-electron chi connectivity index (χ4n) is 7.03. The Morgan fingerprint density at radius 1 is 0.857 bits per heavy atom. The van der Waals surface area contributed by atoms with E-state index in [9.17, 15) is 9.59 Å². The van der Waals surface area contributed by atoms with E-state index in [1.54, 1.807) is 11.3 Å². The van der Waals surface area contributed by atoms with E-state index in [1.165, 1.54) is 11.1 Å². The van der Waals surface area contributed by atoms with Gasteiger partial charge < -0.3 is 18.1 Å². The summed E-state index contributed by atoms with van der Waals surface area (Å²) in [7, 11) is -6.46. The number of allylic oxidation sites excluding steroid dienone is 1. The predicted molar refractivity (Wildman–Crippen MR) is 249 cm³/mol. The number of aryl methyl sites for hydroxylation is 1. The Morgan fingerprint density at radius 2 is 1.38 bits per heavy atom. The molecule has 5 atom stereocenters. The lowest BCUT2D eigenvalue weighted by atomic mass is 9.59. The van der Waals surface area contributed by atoms with Crippen LogP contribution in [-0.2, 0) is 22.9 Å². The van der Waals surface area contributed by atoms with Crippen LogP contribution in [0.1, 0.15) is 152 Å². The van der Waals surface area contributed by atoms with Gasteiger partial charge in [0, 0.05) is 17.7 Å². The van der Waals surface area contributed by atoms with Crippen molar-refractivity contribution < 1.29 is 22.9 Å². The molecule has 1 heterocycles. The van der Waals surface area contributed by atoms with Crippen LogP contribution < -0.4 is 0 Å². The molecule has 1 aromatic rings. The number of nitrogens with zero attached hydrogens (tertiary/aromatic N) is 1. The minimum Gasteiger partial charge on any atom is -0.413 e. The first-order chi connectivity index (χ1) is 25.3. The van der Waals surface area contributed by atoms with Crippen LogP contribution in [0.5, 0.6) is 0 Å². The lowest BCUT2D eigenvalue weighted by Crippen LogP contribution is -2.58. The van der Waals surface area contributed by atoms with E-state index in [4.69, 9.17) is 18.3 Å². The Kier molecular flexibility index (Phi) is 17.9. The minimum atomic E-state index is -2.23. The third-order valence-corrected chi connectivity index (χ3v) is 28.5. The lowest BCUT2D eigenvalue weighted by molar-refractivity contribution is -0.152. The van der Waals surface area contributed by atoms with Gasteiger partial charge in [-0.25, -0.2) is 4.98 Å². The van der Waals surface area contributed by atoms with Gasteiger partial charge in [-0.05, 0) is 131 Å². The number of carbonyl (C=O) groups is 2. The summed E-state index contributed by atoms with van der Waals surface area (Å²) >= 11 is 1.68. The second-order valence-corrected chi connectivity index (χ2v) is 37.3. The molecule has 10 heteroatoms. The van der Waals surface area contributed by atoms with Crippen molar-refractivity contribution in [3.05, 3.63) is 33.3 Å². The van der Waals surface area contributed by atoms with Gasteiger partial charge >= 0.3 is 0 Å². The highest BCUT2D eigenvalue weighted by Crippen LogP contribution is 2.52. The molecule has 6 nitrogen and oxygen atoms in total. The lowest BCUT2D eigenvalue weighted by Gasteiger charge is -2.52. The number of aldehydes is 1. The van der Waals surface area contributed by atoms with Crippen LogP contribution >= 0.6 is 11.3 Å². The van der Waals surface area contributed by atoms with Crippen molar-refractivity contribution in [1.82, 2.24) is 4.98 Å². The monoisotopic (exact) mass is 848 g/mol. The van der Waals surface area contributed by atoms with Crippen molar-refractivity contribution in [2.75, 3.05) is 0 Å². The van der Waals surface area contributed by atoms with E-state index in [2.05, 4.69) is 154 Å². The highest BCUT2D eigenvalue weighted by Gasteiger charge is 2.56. The van der Waals surface area contributed by atoms with Crippen LogP contribution in [-0.4, -0.2) is 60.3 Å². The first-order valence-corrected chi connectivity index (χ1v) is 31.2. The van der Waals surface area contributed by atoms with E-state index in [1.807, 2.05) is 0 Å². The standard InChI is InChI=1S/C46H85NO5SSi3/c1-33(25-26-39(50-54(15,16)43(6,7)8)35(3)31-38-32-53-37(5)47-38)23-21-24-34(2)41(52-56(19,20)45(12,13)14)36(4)42(49)46(28-22-29-46)40(27-30-48)51-55(17,18)44(9,10)11/h25,30-32,34,36,39-41H,21-24,26-29H2,1-20H3/t34-,36+,39-,40-,41-/m0/s1. The second-order valence-electron chi connectivity index (χ2n) is 22.0. The summed E-state index contributed by atoms with van der Waals surface area (Å²) in [6.07, 6.45) is 11.6. The Bertz CT molecular complexity index is 1500. The molecule has 0 radical (unpaired) electrons. The summed E-state index contributed by atoms with van der Waals surface area (Å²) in [5.74, 6) is 0.142. The number of hydrogen-bond acceptors (Lipinski definition) is 7. The molecule has 1 saturated carbocycles. The van der Waals surface area contributed by atoms with E-state index in [-0.39, 0.29) is 57.5 Å². The van der Waals surface area contributed by atoms with Crippen molar-refractivity contribution in [2.24, 2.45) is 17.3 Å². The molecule has 0 N–H and O–H groups in total. The number of aromatic nitrogens is 1. The molecule has 0 aliphatic heterocycles. The largest absolute Gasteiger partial charge is 0.413 e. The van der Waals surface area contributed by atoms with Crippen LogP contribution in [0.3, 0.4) is 0 Å². The topological polar surface area (TPSA) is 74.7 Å². The predicted octanol–water partition coefficient (Wildman–Crippen LogP) is 14.1. The van der Waals surface area contributed by atoms with Gasteiger partial charge in [0.25, 0.3) is 0 Å². The van der Waals surface area contributed by atoms with Gasteiger partial charge in [-0.1, -0.05) is 94.2 Å². The summed E-state index contributed by atoms with van der Waals surface area (Å²) in [6.45, 7) is 45.1. The zero-order valence-electron chi connectivity index (χ0n) is 39.7. The van der Waals surface area contributed by atoms with Crippen LogP contribution in [0.25, 0.3) is 6.08 Å². The number of thiazole rings is 1. The zero-order chi connectivity index (χ0) is 43.3. The number of carbonyl (C=O) groups excluding carboxylic acids is 2. The number of rotatable bonds is 21. The smallest absolute Gasteiger partial charge is 0.192 e. The van der Waals surface area contributed by atoms with E-state index < -0.39 is 30.4 Å². The third-order valence-electron chi connectivity index (χ3n) is 14.3. The Morgan fingerprint density at radius 3 is 1.82 bits per heavy atom. The quantitative estimate of drug-likeness (QED) is 0.0697. The molecule has 322 valence electrons. The number of Topliss-reactive ketones (excluding diaryl/α,β-unsaturated/α-hetero) is 1. The van der Waals surface area contributed by atoms with Crippen LogP contribution in [0.2, 0.25) is 54.4 Å². The molecule has 1 aliphatic rings. The average Bonchev–Trinajstić information content (AvgIpc) is 3.42. The van der Waals surface area contributed by atoms with E-state index >= 15 is 0 Å². The van der Waals surface area contributed by atoms with Crippen LogP contribution in [0, 0.1) is 24.2 Å². The average molecular weight is 849 g/mol. The SMILES string of the molecule is CC(=CC[C@H](O[Si](C)(C)C(C)(C)C)C(C)=Cc1csc(C)n1)CCC[C@H](C)[C@H](O[Si](C)(C)C(C)(C)C)[C@@H](C)C(=O)C1([C@H](CC=O)O[Si](C)(C)C(C)(C)C)CCC1. The summed E-state index contributed by atoms with van der Waals surface area (Å²) in [4.78, 5) is 31.8. The molecular weight excluding hydrogens is 763 g/mol. The molecule has 0 aromatic carbocycles. The molecule has 0 spiro atoms. The van der Waals surface area contributed by atoms with Gasteiger partial charge in [-0.15, -0.1) is 11.3 Å². The van der Waals surface area contributed by atoms with Crippen molar-refractivity contribution in [2.45, 2.75) is 221 Å². The van der Waals surface area contributed by atoms with Crippen LogP contribution in [0.4, 0.5) is 0 Å². The maximum absolute atomic E-state index is 15.0. The second kappa shape index (κ2) is 19.6. The van der Waals surface area contributed by atoms with Crippen molar-refractivity contribution in [1.29, 1.82) is 0 Å². The highest BCUT2D eigenvalue weighted by molar-refractivity contribution is 7.09. The fourth-order valence-corrected chi connectivity index (χ4v) is 11.8. The molecule has 2 rings (SSSR count). The molecule has 0 amide bonds. The van der Waals surface area contributed by atoms with Crippen LogP contribution in [0.15, 0.2) is 22.6 Å². The van der Waals surface area contributed by atoms with Gasteiger partial charge in [0.05, 0.1) is 34.4 Å². The van der Waals surface area contributed by atoms with Gasteiger partial charge in [0.1, 0.15) is 12.1 Å². The normalized spacial score (nSPS) is 19.2. The maximum Gasteiger partial charge on any atom is 0.192 e. The molecular formula is C46H85NO5SSi3. The summed E-state index contributed by atoms with van der Waals surface area (Å²) in [6, 6.07) is 0. The molecule has 0 saturated heterocycles. The van der Waals surface area contributed by atoms with Gasteiger partial charge in [-0.2, -0.15) is 0 Å². The molecule has 0 bridgehead atoms. The number of hydrogen-bond donors (Lipinski definition) is 0. The first kappa shape index (κ1) is 51.1. The summed E-state index contributed by atoms with van der Waals surface area (Å²) in [5.41, 5.74) is 2.97. The first-order valence-electron chi connectivity index (χ1n) is 21.6. The maximum atomic E-state index is 15.0. The molecule has 1 aromatic heterocycles. The summed E-state index contributed by atoms with van der Waals surface area (Å²) < 4.78 is 21.3. The third kappa shape index (κ3) is 13.2. The Hall–Kier alpha value is -1.02. The fraction of sp³-hybridized carbons (Fsp3) is 0.804.